The molecule has 0 aliphatic carbocycles. The summed E-state index contributed by atoms with van der Waals surface area (Å²) < 4.78 is 12.3. The zero-order chi connectivity index (χ0) is 19.1. The molecule has 1 atom stereocenters. The highest BCUT2D eigenvalue weighted by molar-refractivity contribution is 7.84. The summed E-state index contributed by atoms with van der Waals surface area (Å²) in [5, 5.41) is 11.9. The topological polar surface area (TPSA) is 83.5 Å². The van der Waals surface area contributed by atoms with Crippen molar-refractivity contribution in [3.05, 3.63) is 64.7 Å². The molecule has 6 heteroatoms. The number of carboxylic acid groups (broad SMARTS) is 1. The molecule has 0 heterocycles. The first-order valence-electron chi connectivity index (χ1n) is 8.52. The molecule has 0 saturated heterocycles. The molecule has 0 bridgehead atoms. The van der Waals surface area contributed by atoms with Gasteiger partial charge in [-0.25, -0.2) is 4.79 Å². The molecule has 0 fully saturated rings. The van der Waals surface area contributed by atoms with E-state index in [1.807, 2.05) is 32.0 Å². The number of anilines is 1. The van der Waals surface area contributed by atoms with Crippen LogP contribution in [0.5, 0.6) is 0 Å². The number of carbonyl (C=O) groups excluding carboxylic acids is 1. The van der Waals surface area contributed by atoms with Crippen LogP contribution in [-0.4, -0.2) is 26.9 Å². The molecule has 138 valence electrons. The summed E-state index contributed by atoms with van der Waals surface area (Å²) in [5.41, 5.74) is 3.70. The second-order valence-corrected chi connectivity index (χ2v) is 7.40. The largest absolute Gasteiger partial charge is 0.478 e. The van der Waals surface area contributed by atoms with Gasteiger partial charge >= 0.3 is 5.97 Å². The minimum atomic E-state index is -1.42. The lowest BCUT2D eigenvalue weighted by molar-refractivity contribution is -0.113. The molecule has 1 amide bonds. The van der Waals surface area contributed by atoms with Crippen molar-refractivity contribution in [3.63, 3.8) is 0 Å². The number of amides is 1. The number of carboxylic acids is 1. The van der Waals surface area contributed by atoms with Gasteiger partial charge in [0.15, 0.2) is 0 Å². The molecule has 0 aromatic heterocycles. The summed E-state index contributed by atoms with van der Waals surface area (Å²) in [6.45, 7) is 4.05. The highest BCUT2D eigenvalue weighted by Gasteiger charge is 2.14. The van der Waals surface area contributed by atoms with Gasteiger partial charge in [-0.1, -0.05) is 44.2 Å². The van der Waals surface area contributed by atoms with E-state index >= 15 is 0 Å². The molecule has 0 spiro atoms. The van der Waals surface area contributed by atoms with Crippen LogP contribution in [0.25, 0.3) is 0 Å². The third kappa shape index (κ3) is 5.26. The van der Waals surface area contributed by atoms with Crippen LogP contribution in [-0.2, 0) is 34.2 Å². The van der Waals surface area contributed by atoms with Crippen LogP contribution < -0.4 is 5.32 Å². The maximum Gasteiger partial charge on any atom is 0.335 e. The predicted octanol–water partition coefficient (Wildman–Crippen LogP) is 3.40. The van der Waals surface area contributed by atoms with Crippen molar-refractivity contribution < 1.29 is 18.9 Å². The number of aromatic carboxylic acids is 1. The number of rotatable bonds is 8. The van der Waals surface area contributed by atoms with Crippen molar-refractivity contribution >= 4 is 28.4 Å². The molecule has 2 aromatic carbocycles. The molecule has 2 rings (SSSR count). The highest BCUT2D eigenvalue weighted by atomic mass is 32.2. The number of aryl methyl sites for hydroxylation is 2. The fraction of sp³-hybridized carbons (Fsp3) is 0.300. The molecule has 1 unspecified atom stereocenters. The quantitative estimate of drug-likeness (QED) is 0.743. The van der Waals surface area contributed by atoms with Gasteiger partial charge in [0.25, 0.3) is 0 Å². The van der Waals surface area contributed by atoms with E-state index in [1.165, 1.54) is 12.1 Å². The molecule has 2 N–H and O–H groups in total. The zero-order valence-electron chi connectivity index (χ0n) is 15.0. The number of nitrogens with one attached hydrogen (secondary N) is 1. The van der Waals surface area contributed by atoms with Crippen molar-refractivity contribution in [2.75, 3.05) is 11.1 Å². The summed E-state index contributed by atoms with van der Waals surface area (Å²) in [4.78, 5) is 23.3. The molecule has 0 aliphatic rings. The van der Waals surface area contributed by atoms with Crippen LogP contribution >= 0.6 is 0 Å². The molecular weight excluding hydrogens is 350 g/mol. The summed E-state index contributed by atoms with van der Waals surface area (Å²) in [7, 11) is -1.42. The Morgan fingerprint density at radius 2 is 1.65 bits per heavy atom. The Morgan fingerprint density at radius 3 is 2.23 bits per heavy atom. The molecular formula is C20H23NO4S. The maximum absolute atomic E-state index is 12.3. The summed E-state index contributed by atoms with van der Waals surface area (Å²) in [6, 6.07) is 12.2. The summed E-state index contributed by atoms with van der Waals surface area (Å²) >= 11 is 0. The monoisotopic (exact) mass is 373 g/mol. The second-order valence-electron chi connectivity index (χ2n) is 5.94. The molecule has 0 aliphatic heterocycles. The van der Waals surface area contributed by atoms with E-state index in [-0.39, 0.29) is 23.0 Å². The first kappa shape index (κ1) is 19.8. The number of hydrogen-bond acceptors (Lipinski definition) is 3. The second kappa shape index (κ2) is 9.29. The number of hydrogen-bond donors (Lipinski definition) is 2. The van der Waals surface area contributed by atoms with E-state index in [0.29, 0.717) is 5.56 Å². The highest BCUT2D eigenvalue weighted by Crippen LogP contribution is 2.22. The summed E-state index contributed by atoms with van der Waals surface area (Å²) in [6.07, 6.45) is 1.60. The average molecular weight is 373 g/mol. The Bertz CT molecular complexity index is 810. The van der Waals surface area contributed by atoms with E-state index in [1.54, 1.807) is 12.1 Å². The van der Waals surface area contributed by atoms with Crippen molar-refractivity contribution in [3.8, 4) is 0 Å². The standard InChI is InChI=1S/C20H23NO4S/c1-3-15-8-6-9-16(4-2)19(15)21-18(22)13-26(25)12-14-7-5-10-17(11-14)20(23)24/h5-11H,3-4,12-13H2,1-2H3,(H,21,22)(H,23,24). The Kier molecular flexibility index (Phi) is 7.09. The Labute approximate surface area is 155 Å². The van der Waals surface area contributed by atoms with E-state index in [4.69, 9.17) is 5.11 Å². The van der Waals surface area contributed by atoms with Crippen molar-refractivity contribution in [1.82, 2.24) is 0 Å². The average Bonchev–Trinajstić information content (AvgIpc) is 2.61. The van der Waals surface area contributed by atoms with Crippen LogP contribution in [0, 0.1) is 0 Å². The van der Waals surface area contributed by atoms with Crippen molar-refractivity contribution in [2.45, 2.75) is 32.4 Å². The Balaban J connectivity index is 2.03. The zero-order valence-corrected chi connectivity index (χ0v) is 15.8. The lowest BCUT2D eigenvalue weighted by Crippen LogP contribution is -2.21. The molecule has 5 nitrogen and oxygen atoms in total. The van der Waals surface area contributed by atoms with Gasteiger partial charge in [0.05, 0.1) is 5.56 Å². The number of para-hydroxylation sites is 1. The van der Waals surface area contributed by atoms with Crippen LogP contribution in [0.15, 0.2) is 42.5 Å². The smallest absolute Gasteiger partial charge is 0.335 e. The first-order chi connectivity index (χ1) is 12.4. The van der Waals surface area contributed by atoms with E-state index in [0.717, 1.165) is 29.7 Å². The van der Waals surface area contributed by atoms with E-state index in [2.05, 4.69) is 5.32 Å². The Hall–Kier alpha value is -2.47. The van der Waals surface area contributed by atoms with Gasteiger partial charge in [-0.15, -0.1) is 0 Å². The fourth-order valence-electron chi connectivity index (χ4n) is 2.76. The van der Waals surface area contributed by atoms with Crippen LogP contribution in [0.3, 0.4) is 0 Å². The fourth-order valence-corrected chi connectivity index (χ4v) is 3.77. The third-order valence-electron chi connectivity index (χ3n) is 4.06. The SMILES string of the molecule is CCc1cccc(CC)c1NC(=O)CS(=O)Cc1cccc(C(=O)O)c1. The van der Waals surface area contributed by atoms with E-state index < -0.39 is 16.8 Å². The maximum atomic E-state index is 12.3. The predicted molar refractivity (Wildman–Crippen MR) is 104 cm³/mol. The number of carbonyl (C=O) groups is 2. The van der Waals surface area contributed by atoms with Gasteiger partial charge < -0.3 is 10.4 Å². The normalized spacial score (nSPS) is 11.8. The van der Waals surface area contributed by atoms with Gasteiger partial charge in [-0.2, -0.15) is 0 Å². The van der Waals surface area contributed by atoms with Gasteiger partial charge in [0.1, 0.15) is 5.75 Å². The minimum absolute atomic E-state index is 0.126. The van der Waals surface area contributed by atoms with Crippen LogP contribution in [0.4, 0.5) is 5.69 Å². The molecule has 26 heavy (non-hydrogen) atoms. The van der Waals surface area contributed by atoms with Crippen molar-refractivity contribution in [2.24, 2.45) is 0 Å². The van der Waals surface area contributed by atoms with Gasteiger partial charge in [-0.05, 0) is 41.7 Å². The van der Waals surface area contributed by atoms with Crippen LogP contribution in [0.1, 0.15) is 40.9 Å². The van der Waals surface area contributed by atoms with E-state index in [9.17, 15) is 13.8 Å². The lowest BCUT2D eigenvalue weighted by atomic mass is 10.0. The first-order valence-corrected chi connectivity index (χ1v) is 10.0. The summed E-state index contributed by atoms with van der Waals surface area (Å²) in [5.74, 6) is -1.31. The van der Waals surface area contributed by atoms with Gasteiger partial charge in [-0.3, -0.25) is 9.00 Å². The Morgan fingerprint density at radius 1 is 1.04 bits per heavy atom. The van der Waals surface area contributed by atoms with Gasteiger partial charge in [0, 0.05) is 22.2 Å². The van der Waals surface area contributed by atoms with Crippen molar-refractivity contribution in [1.29, 1.82) is 0 Å². The molecule has 0 saturated carbocycles. The van der Waals surface area contributed by atoms with Gasteiger partial charge in [0.2, 0.25) is 5.91 Å². The molecule has 0 radical (unpaired) electrons. The lowest BCUT2D eigenvalue weighted by Gasteiger charge is -2.14. The number of benzene rings is 2. The van der Waals surface area contributed by atoms with Crippen LogP contribution in [0.2, 0.25) is 0 Å². The third-order valence-corrected chi connectivity index (χ3v) is 5.30. The molecule has 2 aromatic rings. The minimum Gasteiger partial charge on any atom is -0.478 e.